The molecule has 102 valence electrons. The molecule has 0 fully saturated rings. The standard InChI is InChI=1S/C12H19NO3S2/c1-2-3-4-5-7-11(14)10-13-18(15,16)12-8-6-9-17-12/h5-9,11,13-14H,2-4,10H2,1H3/t11-/m1/s1. The third-order valence-electron chi connectivity index (χ3n) is 2.32. The van der Waals surface area contributed by atoms with Crippen molar-refractivity contribution in [1.82, 2.24) is 4.72 Å². The molecular weight excluding hydrogens is 270 g/mol. The molecule has 0 spiro atoms. The zero-order chi connectivity index (χ0) is 13.4. The van der Waals surface area contributed by atoms with Crippen LogP contribution in [0.25, 0.3) is 0 Å². The fraction of sp³-hybridized carbons (Fsp3) is 0.500. The lowest BCUT2D eigenvalue weighted by molar-refractivity contribution is 0.226. The van der Waals surface area contributed by atoms with E-state index < -0.39 is 16.1 Å². The van der Waals surface area contributed by atoms with Gasteiger partial charge in [-0.25, -0.2) is 13.1 Å². The minimum absolute atomic E-state index is 0.00284. The highest BCUT2D eigenvalue weighted by molar-refractivity contribution is 7.91. The number of aliphatic hydroxyl groups excluding tert-OH is 1. The van der Waals surface area contributed by atoms with Crippen LogP contribution in [0.4, 0.5) is 0 Å². The van der Waals surface area contributed by atoms with Gasteiger partial charge in [-0.2, -0.15) is 0 Å². The predicted octanol–water partition coefficient (Wildman–Crippen LogP) is 2.13. The van der Waals surface area contributed by atoms with Gasteiger partial charge in [0.2, 0.25) is 10.0 Å². The Kier molecular flexibility index (Phi) is 6.56. The molecule has 0 saturated carbocycles. The van der Waals surface area contributed by atoms with Gasteiger partial charge in [-0.15, -0.1) is 11.3 Å². The van der Waals surface area contributed by atoms with Gasteiger partial charge in [0.05, 0.1) is 6.10 Å². The van der Waals surface area contributed by atoms with Crippen molar-refractivity contribution in [2.45, 2.75) is 36.5 Å². The van der Waals surface area contributed by atoms with Crippen LogP contribution >= 0.6 is 11.3 Å². The van der Waals surface area contributed by atoms with Gasteiger partial charge < -0.3 is 5.11 Å². The molecule has 1 aromatic rings. The van der Waals surface area contributed by atoms with Crippen molar-refractivity contribution < 1.29 is 13.5 Å². The number of sulfonamides is 1. The zero-order valence-electron chi connectivity index (χ0n) is 10.4. The summed E-state index contributed by atoms with van der Waals surface area (Å²) in [6, 6.07) is 3.22. The van der Waals surface area contributed by atoms with Crippen molar-refractivity contribution in [1.29, 1.82) is 0 Å². The summed E-state index contributed by atoms with van der Waals surface area (Å²) in [6.45, 7) is 2.10. The first-order chi connectivity index (χ1) is 8.56. The maximum absolute atomic E-state index is 11.7. The smallest absolute Gasteiger partial charge is 0.250 e. The molecule has 18 heavy (non-hydrogen) atoms. The van der Waals surface area contributed by atoms with Gasteiger partial charge in [-0.3, -0.25) is 0 Å². The minimum atomic E-state index is -3.47. The SMILES string of the molecule is CCCCC=C[C@@H](O)CNS(=O)(=O)c1cccs1. The summed E-state index contributed by atoms with van der Waals surface area (Å²) in [5, 5.41) is 11.3. The van der Waals surface area contributed by atoms with Crippen LogP contribution < -0.4 is 4.72 Å². The second-order valence-corrected chi connectivity index (χ2v) is 6.86. The first kappa shape index (κ1) is 15.4. The van der Waals surface area contributed by atoms with Gasteiger partial charge in [-0.1, -0.05) is 38.0 Å². The Bertz CT molecular complexity index is 452. The van der Waals surface area contributed by atoms with Crippen LogP contribution in [0.1, 0.15) is 26.2 Å². The lowest BCUT2D eigenvalue weighted by atomic mass is 10.2. The van der Waals surface area contributed by atoms with Crippen molar-refractivity contribution >= 4 is 21.4 Å². The third kappa shape index (κ3) is 5.30. The molecule has 0 saturated heterocycles. The molecule has 6 heteroatoms. The molecule has 1 rings (SSSR count). The number of hydrogen-bond donors (Lipinski definition) is 2. The zero-order valence-corrected chi connectivity index (χ0v) is 12.0. The van der Waals surface area contributed by atoms with Gasteiger partial charge >= 0.3 is 0 Å². The average Bonchev–Trinajstić information content (AvgIpc) is 2.87. The molecule has 1 heterocycles. The highest BCUT2D eigenvalue weighted by atomic mass is 32.2. The molecule has 0 bridgehead atoms. The molecule has 1 atom stereocenters. The quantitative estimate of drug-likeness (QED) is 0.569. The Labute approximate surface area is 112 Å². The monoisotopic (exact) mass is 289 g/mol. The topological polar surface area (TPSA) is 66.4 Å². The van der Waals surface area contributed by atoms with Crippen LogP contribution in [0.2, 0.25) is 0 Å². The van der Waals surface area contributed by atoms with Crippen molar-refractivity contribution in [2.24, 2.45) is 0 Å². The van der Waals surface area contributed by atoms with Gasteiger partial charge in [0.15, 0.2) is 0 Å². The van der Waals surface area contributed by atoms with E-state index in [1.807, 2.05) is 6.08 Å². The summed E-state index contributed by atoms with van der Waals surface area (Å²) in [6.07, 6.45) is 5.82. The molecular formula is C12H19NO3S2. The fourth-order valence-corrected chi connectivity index (χ4v) is 3.41. The first-order valence-electron chi connectivity index (χ1n) is 5.94. The maximum Gasteiger partial charge on any atom is 0.250 e. The van der Waals surface area contributed by atoms with E-state index in [0.29, 0.717) is 0 Å². The maximum atomic E-state index is 11.7. The first-order valence-corrected chi connectivity index (χ1v) is 8.30. The summed E-state index contributed by atoms with van der Waals surface area (Å²) in [4.78, 5) is 0. The van der Waals surface area contributed by atoms with E-state index in [1.54, 1.807) is 17.5 Å². The van der Waals surface area contributed by atoms with Crippen molar-refractivity contribution in [3.63, 3.8) is 0 Å². The second-order valence-electron chi connectivity index (χ2n) is 3.92. The summed E-state index contributed by atoms with van der Waals surface area (Å²) in [5.74, 6) is 0. The van der Waals surface area contributed by atoms with Crippen molar-refractivity contribution in [3.8, 4) is 0 Å². The van der Waals surface area contributed by atoms with E-state index in [2.05, 4.69) is 11.6 Å². The summed E-state index contributed by atoms with van der Waals surface area (Å²) >= 11 is 1.16. The van der Waals surface area contributed by atoms with Crippen LogP contribution in [0, 0.1) is 0 Å². The Morgan fingerprint density at radius 1 is 1.56 bits per heavy atom. The van der Waals surface area contributed by atoms with E-state index in [4.69, 9.17) is 0 Å². The Morgan fingerprint density at radius 3 is 2.94 bits per heavy atom. The van der Waals surface area contributed by atoms with Gasteiger partial charge in [0.25, 0.3) is 0 Å². The minimum Gasteiger partial charge on any atom is -0.388 e. The molecule has 2 N–H and O–H groups in total. The molecule has 0 radical (unpaired) electrons. The van der Waals surface area contributed by atoms with Gasteiger partial charge in [0.1, 0.15) is 4.21 Å². The Morgan fingerprint density at radius 2 is 2.33 bits per heavy atom. The number of unbranched alkanes of at least 4 members (excludes halogenated alkanes) is 2. The second kappa shape index (κ2) is 7.68. The predicted molar refractivity (Wildman–Crippen MR) is 74.2 cm³/mol. The molecule has 1 aromatic heterocycles. The molecule has 4 nitrogen and oxygen atoms in total. The summed E-state index contributed by atoms with van der Waals surface area (Å²) in [7, 11) is -3.47. The lowest BCUT2D eigenvalue weighted by Gasteiger charge is -2.07. The fourth-order valence-electron chi connectivity index (χ4n) is 1.33. The van der Waals surface area contributed by atoms with Crippen LogP contribution in [-0.2, 0) is 10.0 Å². The molecule has 0 aliphatic rings. The van der Waals surface area contributed by atoms with Crippen LogP contribution in [0.3, 0.4) is 0 Å². The molecule has 0 unspecified atom stereocenters. The summed E-state index contributed by atoms with van der Waals surface area (Å²) < 4.78 is 26.1. The highest BCUT2D eigenvalue weighted by Crippen LogP contribution is 2.15. The Hall–Kier alpha value is -0.690. The normalized spacial score (nSPS) is 14.1. The van der Waals surface area contributed by atoms with Crippen molar-refractivity contribution in [3.05, 3.63) is 29.7 Å². The number of aliphatic hydroxyl groups is 1. The number of hydrogen-bond acceptors (Lipinski definition) is 4. The summed E-state index contributed by atoms with van der Waals surface area (Å²) in [5.41, 5.74) is 0. The van der Waals surface area contributed by atoms with Crippen LogP contribution in [-0.4, -0.2) is 26.2 Å². The molecule has 0 aromatic carbocycles. The van der Waals surface area contributed by atoms with E-state index in [0.717, 1.165) is 30.6 Å². The van der Waals surface area contributed by atoms with Gasteiger partial charge in [-0.05, 0) is 17.9 Å². The van der Waals surface area contributed by atoms with E-state index in [1.165, 1.54) is 6.07 Å². The van der Waals surface area contributed by atoms with E-state index >= 15 is 0 Å². The molecule has 0 aliphatic heterocycles. The van der Waals surface area contributed by atoms with Gasteiger partial charge in [0, 0.05) is 6.54 Å². The number of allylic oxidation sites excluding steroid dienone is 1. The largest absolute Gasteiger partial charge is 0.388 e. The average molecular weight is 289 g/mol. The highest BCUT2D eigenvalue weighted by Gasteiger charge is 2.15. The van der Waals surface area contributed by atoms with Crippen LogP contribution in [0.5, 0.6) is 0 Å². The van der Waals surface area contributed by atoms with Crippen LogP contribution in [0.15, 0.2) is 33.9 Å². The molecule has 0 aliphatic carbocycles. The number of rotatable bonds is 8. The third-order valence-corrected chi connectivity index (χ3v) is 5.15. The van der Waals surface area contributed by atoms with E-state index in [-0.39, 0.29) is 10.8 Å². The van der Waals surface area contributed by atoms with E-state index in [9.17, 15) is 13.5 Å². The van der Waals surface area contributed by atoms with Crippen molar-refractivity contribution in [2.75, 3.05) is 6.54 Å². The number of thiophene rings is 1. The Balaban J connectivity index is 2.38. The molecule has 0 amide bonds. The number of nitrogens with one attached hydrogen (secondary N) is 1. The lowest BCUT2D eigenvalue weighted by Crippen LogP contribution is -2.30.